The van der Waals surface area contributed by atoms with Gasteiger partial charge in [-0.15, -0.1) is 0 Å². The lowest BCUT2D eigenvalue weighted by molar-refractivity contribution is -0.142. The highest BCUT2D eigenvalue weighted by molar-refractivity contribution is 7.99. The summed E-state index contributed by atoms with van der Waals surface area (Å²) in [6, 6.07) is 12.1. The van der Waals surface area contributed by atoms with Crippen molar-refractivity contribution in [3.8, 4) is 0 Å². The zero-order valence-corrected chi connectivity index (χ0v) is 13.4. The molecular weight excluding hydrogens is 298 g/mol. The van der Waals surface area contributed by atoms with Gasteiger partial charge in [0.25, 0.3) is 0 Å². The smallest absolute Gasteiger partial charge is 0.330 e. The molecule has 2 atom stereocenters. The SMILES string of the molecule is CSC(C)CC(=O)NC(C(=O)O)c1ccc2ccccc2c1. The molecule has 2 N–H and O–H groups in total. The molecule has 5 heteroatoms. The normalized spacial score (nSPS) is 13.5. The fourth-order valence-electron chi connectivity index (χ4n) is 2.24. The molecule has 22 heavy (non-hydrogen) atoms. The zero-order valence-electron chi connectivity index (χ0n) is 12.6. The van der Waals surface area contributed by atoms with Gasteiger partial charge in [0.2, 0.25) is 5.91 Å². The standard InChI is InChI=1S/C17H19NO3S/c1-11(22-2)9-15(19)18-16(17(20)21)14-8-7-12-5-3-4-6-13(12)10-14/h3-8,10-11,16H,9H2,1-2H3,(H,18,19)(H,20,21). The number of amides is 1. The van der Waals surface area contributed by atoms with E-state index in [0.29, 0.717) is 12.0 Å². The number of hydrogen-bond acceptors (Lipinski definition) is 3. The minimum Gasteiger partial charge on any atom is -0.479 e. The number of carbonyl (C=O) groups excluding carboxylic acids is 1. The average molecular weight is 317 g/mol. The summed E-state index contributed by atoms with van der Waals surface area (Å²) in [5.74, 6) is -1.30. The molecule has 116 valence electrons. The Labute approximate surface area is 133 Å². The van der Waals surface area contributed by atoms with Crippen LogP contribution in [0.1, 0.15) is 24.9 Å². The van der Waals surface area contributed by atoms with E-state index in [1.807, 2.05) is 49.6 Å². The second kappa shape index (κ2) is 7.31. The Kier molecular flexibility index (Phi) is 5.44. The first-order valence-electron chi connectivity index (χ1n) is 7.05. The van der Waals surface area contributed by atoms with Crippen LogP contribution in [0.25, 0.3) is 10.8 Å². The summed E-state index contributed by atoms with van der Waals surface area (Å²) < 4.78 is 0. The number of carboxylic acids is 1. The van der Waals surface area contributed by atoms with Gasteiger partial charge in [-0.3, -0.25) is 4.79 Å². The monoisotopic (exact) mass is 317 g/mol. The lowest BCUT2D eigenvalue weighted by atomic mass is 10.0. The molecule has 0 aliphatic heterocycles. The van der Waals surface area contributed by atoms with E-state index in [4.69, 9.17) is 0 Å². The molecule has 2 unspecified atom stereocenters. The van der Waals surface area contributed by atoms with Crippen molar-refractivity contribution in [3.05, 3.63) is 48.0 Å². The van der Waals surface area contributed by atoms with E-state index in [9.17, 15) is 14.7 Å². The molecule has 0 saturated heterocycles. The quantitative estimate of drug-likeness (QED) is 0.858. The third-order valence-corrected chi connectivity index (χ3v) is 4.51. The topological polar surface area (TPSA) is 66.4 Å². The second-order valence-electron chi connectivity index (χ2n) is 5.20. The Morgan fingerprint density at radius 2 is 1.86 bits per heavy atom. The van der Waals surface area contributed by atoms with E-state index >= 15 is 0 Å². The first-order chi connectivity index (χ1) is 10.5. The number of carboxylic acid groups (broad SMARTS) is 1. The fourth-order valence-corrected chi connectivity index (χ4v) is 2.56. The van der Waals surface area contributed by atoms with Crippen LogP contribution in [0.5, 0.6) is 0 Å². The summed E-state index contributed by atoms with van der Waals surface area (Å²) >= 11 is 1.58. The number of rotatable bonds is 6. The van der Waals surface area contributed by atoms with Gasteiger partial charge in [-0.05, 0) is 28.7 Å². The van der Waals surface area contributed by atoms with Gasteiger partial charge in [0.05, 0.1) is 0 Å². The van der Waals surface area contributed by atoms with Crippen LogP contribution in [-0.2, 0) is 9.59 Å². The molecule has 0 aromatic heterocycles. The van der Waals surface area contributed by atoms with Crippen LogP contribution in [0.2, 0.25) is 0 Å². The van der Waals surface area contributed by atoms with Crippen molar-refractivity contribution in [2.24, 2.45) is 0 Å². The molecule has 0 aliphatic carbocycles. The number of carbonyl (C=O) groups is 2. The minimum atomic E-state index is -1.06. The van der Waals surface area contributed by atoms with E-state index in [1.54, 1.807) is 17.8 Å². The number of aliphatic carboxylic acids is 1. The van der Waals surface area contributed by atoms with Gasteiger partial charge in [0, 0.05) is 11.7 Å². The van der Waals surface area contributed by atoms with Crippen LogP contribution in [0, 0.1) is 0 Å². The van der Waals surface area contributed by atoms with E-state index < -0.39 is 12.0 Å². The molecule has 0 saturated carbocycles. The number of nitrogens with one attached hydrogen (secondary N) is 1. The van der Waals surface area contributed by atoms with Gasteiger partial charge >= 0.3 is 5.97 Å². The van der Waals surface area contributed by atoms with E-state index in [0.717, 1.165) is 10.8 Å². The van der Waals surface area contributed by atoms with Gasteiger partial charge in [0.15, 0.2) is 6.04 Å². The maximum absolute atomic E-state index is 12.0. The van der Waals surface area contributed by atoms with E-state index in [-0.39, 0.29) is 11.2 Å². The van der Waals surface area contributed by atoms with E-state index in [1.165, 1.54) is 0 Å². The van der Waals surface area contributed by atoms with Crippen molar-refractivity contribution in [2.45, 2.75) is 24.6 Å². The lowest BCUT2D eigenvalue weighted by Crippen LogP contribution is -2.34. The zero-order chi connectivity index (χ0) is 16.1. The molecule has 2 aromatic rings. The van der Waals surface area contributed by atoms with Gasteiger partial charge in [-0.1, -0.05) is 43.3 Å². The van der Waals surface area contributed by atoms with Gasteiger partial charge in [0.1, 0.15) is 0 Å². The lowest BCUT2D eigenvalue weighted by Gasteiger charge is -2.17. The molecule has 0 bridgehead atoms. The maximum Gasteiger partial charge on any atom is 0.330 e. The van der Waals surface area contributed by atoms with Crippen molar-refractivity contribution in [3.63, 3.8) is 0 Å². The summed E-state index contributed by atoms with van der Waals surface area (Å²) in [7, 11) is 0. The molecule has 4 nitrogen and oxygen atoms in total. The number of benzene rings is 2. The van der Waals surface area contributed by atoms with Crippen LogP contribution < -0.4 is 5.32 Å². The third kappa shape index (κ3) is 4.01. The van der Waals surface area contributed by atoms with Crippen LogP contribution in [-0.4, -0.2) is 28.5 Å². The average Bonchev–Trinajstić information content (AvgIpc) is 2.51. The van der Waals surface area contributed by atoms with Crippen molar-refractivity contribution in [1.82, 2.24) is 5.32 Å². The summed E-state index contributed by atoms with van der Waals surface area (Å²) in [5, 5.41) is 14.2. The highest BCUT2D eigenvalue weighted by atomic mass is 32.2. The molecule has 2 rings (SSSR count). The Balaban J connectivity index is 2.22. The number of thioether (sulfide) groups is 1. The van der Waals surface area contributed by atoms with Crippen LogP contribution in [0.4, 0.5) is 0 Å². The highest BCUT2D eigenvalue weighted by Crippen LogP contribution is 2.21. The van der Waals surface area contributed by atoms with Gasteiger partial charge in [-0.25, -0.2) is 4.79 Å². The Morgan fingerprint density at radius 3 is 2.50 bits per heavy atom. The molecule has 0 spiro atoms. The molecular formula is C17H19NO3S. The Morgan fingerprint density at radius 1 is 1.18 bits per heavy atom. The fraction of sp³-hybridized carbons (Fsp3) is 0.294. The molecule has 1 amide bonds. The molecule has 2 aromatic carbocycles. The predicted octanol–water partition coefficient (Wildman–Crippen LogP) is 3.22. The molecule has 0 radical (unpaired) electrons. The van der Waals surface area contributed by atoms with Crippen LogP contribution in [0.15, 0.2) is 42.5 Å². The number of hydrogen-bond donors (Lipinski definition) is 2. The first kappa shape index (κ1) is 16.4. The van der Waals surface area contributed by atoms with Gasteiger partial charge < -0.3 is 10.4 Å². The Bertz CT molecular complexity index is 686. The maximum atomic E-state index is 12.0. The first-order valence-corrected chi connectivity index (χ1v) is 8.33. The Hall–Kier alpha value is -2.01. The molecule has 0 heterocycles. The molecule has 0 fully saturated rings. The van der Waals surface area contributed by atoms with Gasteiger partial charge in [-0.2, -0.15) is 11.8 Å². The van der Waals surface area contributed by atoms with Crippen molar-refractivity contribution < 1.29 is 14.7 Å². The number of fused-ring (bicyclic) bond motifs is 1. The third-order valence-electron chi connectivity index (χ3n) is 3.53. The highest BCUT2D eigenvalue weighted by Gasteiger charge is 2.22. The van der Waals surface area contributed by atoms with Crippen LogP contribution in [0.3, 0.4) is 0 Å². The molecule has 0 aliphatic rings. The minimum absolute atomic E-state index is 0.158. The van der Waals surface area contributed by atoms with Crippen molar-refractivity contribution in [1.29, 1.82) is 0 Å². The summed E-state index contributed by atoms with van der Waals surface area (Å²) in [6.45, 7) is 1.94. The second-order valence-corrected chi connectivity index (χ2v) is 6.47. The predicted molar refractivity (Wildman–Crippen MR) is 90.1 cm³/mol. The van der Waals surface area contributed by atoms with E-state index in [2.05, 4.69) is 5.32 Å². The largest absolute Gasteiger partial charge is 0.479 e. The summed E-state index contributed by atoms with van der Waals surface area (Å²) in [4.78, 5) is 23.5. The van der Waals surface area contributed by atoms with Crippen molar-refractivity contribution >= 4 is 34.4 Å². The van der Waals surface area contributed by atoms with Crippen LogP contribution >= 0.6 is 11.8 Å². The summed E-state index contributed by atoms with van der Waals surface area (Å²) in [6.07, 6.45) is 2.23. The summed E-state index contributed by atoms with van der Waals surface area (Å²) in [5.41, 5.74) is 0.580. The van der Waals surface area contributed by atoms with Crippen molar-refractivity contribution in [2.75, 3.05) is 6.26 Å².